The zero-order valence-electron chi connectivity index (χ0n) is 16.6. The summed E-state index contributed by atoms with van der Waals surface area (Å²) in [4.78, 5) is 16.9. The zero-order chi connectivity index (χ0) is 18.8. The van der Waals surface area contributed by atoms with E-state index < -0.39 is 0 Å². The van der Waals surface area contributed by atoms with E-state index in [1.807, 2.05) is 20.9 Å². The first-order valence-corrected chi connectivity index (χ1v) is 8.94. The largest absolute Gasteiger partial charge is 0.479 e. The van der Waals surface area contributed by atoms with Crippen LogP contribution in [0.2, 0.25) is 0 Å². The summed E-state index contributed by atoms with van der Waals surface area (Å²) in [5, 5.41) is 21.1. The lowest BCUT2D eigenvalue weighted by atomic mass is 10.00. The van der Waals surface area contributed by atoms with Gasteiger partial charge in [0.05, 0.1) is 18.6 Å². The Balaban J connectivity index is 0.00000196. The fourth-order valence-electron chi connectivity index (χ4n) is 3.61. The van der Waals surface area contributed by atoms with Gasteiger partial charge in [-0.15, -0.1) is 29.9 Å². The van der Waals surface area contributed by atoms with Gasteiger partial charge in [-0.2, -0.15) is 0 Å². The molecule has 10 heteroatoms. The number of aliphatic hydroxyl groups is 1. The average molecular weight is 434 g/mol. The molecule has 1 fully saturated rings. The van der Waals surface area contributed by atoms with Crippen molar-refractivity contribution < 1.29 is 14.6 Å². The predicted octanol–water partition coefficient (Wildman–Crippen LogP) is 1.07. The summed E-state index contributed by atoms with van der Waals surface area (Å²) in [6.07, 6.45) is 0.605. The Morgan fingerprint density at radius 3 is 2.68 bits per heavy atom. The molecule has 0 aromatic carbocycles. The number of aliphatic hydroxyl groups excluding tert-OH is 1. The number of methoxy groups -OCH3 is 1. The van der Waals surface area contributed by atoms with Crippen molar-refractivity contribution in [1.29, 1.82) is 0 Å². The summed E-state index contributed by atoms with van der Waals surface area (Å²) in [7, 11) is 3.44. The topological polar surface area (TPSA) is 101 Å². The highest BCUT2D eigenvalue weighted by molar-refractivity contribution is 5.86. The summed E-state index contributed by atoms with van der Waals surface area (Å²) in [5.41, 5.74) is 3.80. The Morgan fingerprint density at radius 2 is 2.07 bits per heavy atom. The normalized spacial score (nSPS) is 18.5. The number of aryl methyl sites for hydroxylation is 3. The lowest BCUT2D eigenvalue weighted by molar-refractivity contribution is -0.121. The van der Waals surface area contributed by atoms with E-state index in [1.54, 1.807) is 11.8 Å². The molecule has 8 nitrogen and oxygen atoms in total. The Kier molecular flexibility index (Phi) is 8.94. The number of amides is 1. The number of aromatic nitrogens is 3. The number of carbonyl (C=O) groups excluding carboxylic acids is 1. The molecule has 0 radical (unpaired) electrons. The van der Waals surface area contributed by atoms with Crippen LogP contribution in [0.25, 0.3) is 11.0 Å². The molecule has 158 valence electrons. The second-order valence-corrected chi connectivity index (χ2v) is 6.92. The minimum atomic E-state index is -0.385. The zero-order valence-corrected chi connectivity index (χ0v) is 18.2. The van der Waals surface area contributed by atoms with Gasteiger partial charge in [0.1, 0.15) is 0 Å². The van der Waals surface area contributed by atoms with Gasteiger partial charge in [-0.25, -0.2) is 9.67 Å². The van der Waals surface area contributed by atoms with Crippen molar-refractivity contribution in [3.05, 3.63) is 16.8 Å². The third-order valence-electron chi connectivity index (χ3n) is 5.18. The number of nitrogens with one attached hydrogen (secondary N) is 2. The van der Waals surface area contributed by atoms with Crippen LogP contribution in [0.4, 0.5) is 0 Å². The number of β-amino-alcohol motifs (C(OH)–C–C–N with tert-alkyl or cyclic N) is 1. The van der Waals surface area contributed by atoms with Gasteiger partial charge in [0.15, 0.2) is 5.65 Å². The van der Waals surface area contributed by atoms with Crippen molar-refractivity contribution >= 4 is 41.8 Å². The molecule has 3 N–H and O–H groups in total. The molecule has 2 atom stereocenters. The summed E-state index contributed by atoms with van der Waals surface area (Å²) in [5.74, 6) is 0.627. The predicted molar refractivity (Wildman–Crippen MR) is 113 cm³/mol. The van der Waals surface area contributed by atoms with E-state index in [1.165, 1.54) is 0 Å². The van der Waals surface area contributed by atoms with E-state index in [9.17, 15) is 9.90 Å². The highest BCUT2D eigenvalue weighted by atomic mass is 35.5. The molecule has 0 aliphatic carbocycles. The smallest absolute Gasteiger partial charge is 0.242 e. The number of nitrogens with zero attached hydrogens (tertiary/aromatic N) is 3. The molecule has 1 saturated heterocycles. The average Bonchev–Trinajstić information content (AvgIpc) is 3.16. The molecule has 2 aromatic rings. The van der Waals surface area contributed by atoms with Crippen LogP contribution in [0.1, 0.15) is 23.2 Å². The van der Waals surface area contributed by atoms with Crippen molar-refractivity contribution in [2.75, 3.05) is 26.7 Å². The van der Waals surface area contributed by atoms with Crippen LogP contribution in [-0.4, -0.2) is 58.6 Å². The second kappa shape index (κ2) is 10.2. The molecular formula is C18H29Cl2N5O3. The van der Waals surface area contributed by atoms with Crippen LogP contribution < -0.4 is 15.4 Å². The molecule has 3 heterocycles. The quantitative estimate of drug-likeness (QED) is 0.629. The number of hydrogen-bond acceptors (Lipinski definition) is 6. The van der Waals surface area contributed by atoms with E-state index in [2.05, 4.69) is 20.7 Å². The van der Waals surface area contributed by atoms with Crippen molar-refractivity contribution in [3.63, 3.8) is 0 Å². The van der Waals surface area contributed by atoms with E-state index in [0.717, 1.165) is 34.4 Å². The lowest BCUT2D eigenvalue weighted by Gasteiger charge is -2.15. The molecule has 0 saturated carbocycles. The van der Waals surface area contributed by atoms with E-state index in [4.69, 9.17) is 4.74 Å². The maximum Gasteiger partial charge on any atom is 0.242 e. The minimum absolute atomic E-state index is 0. The van der Waals surface area contributed by atoms with E-state index in [-0.39, 0.29) is 42.7 Å². The van der Waals surface area contributed by atoms with Crippen LogP contribution in [-0.2, 0) is 18.3 Å². The van der Waals surface area contributed by atoms with Gasteiger partial charge in [0.25, 0.3) is 0 Å². The van der Waals surface area contributed by atoms with Crippen molar-refractivity contribution in [2.45, 2.75) is 32.8 Å². The third kappa shape index (κ3) is 4.86. The Hall–Kier alpha value is -1.61. The van der Waals surface area contributed by atoms with Gasteiger partial charge in [-0.05, 0) is 31.4 Å². The molecule has 1 aliphatic rings. The van der Waals surface area contributed by atoms with Gasteiger partial charge in [0.2, 0.25) is 11.8 Å². The number of pyridine rings is 1. The second-order valence-electron chi connectivity index (χ2n) is 6.92. The van der Waals surface area contributed by atoms with Crippen molar-refractivity contribution in [3.8, 4) is 5.88 Å². The minimum Gasteiger partial charge on any atom is -0.479 e. The summed E-state index contributed by atoms with van der Waals surface area (Å²) in [6, 6.07) is 0. The number of ether oxygens (including phenoxy) is 1. The number of rotatable bonds is 6. The SMILES string of the molecule is COc1nn(C)c2nc(C)c(CCC(=O)NCC3CNCC3O)c(C)c12.Cl.Cl. The first-order chi connectivity index (χ1) is 12.4. The van der Waals surface area contributed by atoms with Crippen molar-refractivity contribution in [1.82, 2.24) is 25.4 Å². The maximum absolute atomic E-state index is 12.2. The molecule has 0 spiro atoms. The molecule has 3 rings (SSSR count). The van der Waals surface area contributed by atoms with Crippen LogP contribution in [0.3, 0.4) is 0 Å². The van der Waals surface area contributed by atoms with Crippen LogP contribution >= 0.6 is 24.8 Å². The first-order valence-electron chi connectivity index (χ1n) is 8.94. The Morgan fingerprint density at radius 1 is 1.36 bits per heavy atom. The monoisotopic (exact) mass is 433 g/mol. The van der Waals surface area contributed by atoms with Crippen LogP contribution in [0, 0.1) is 19.8 Å². The molecule has 0 bridgehead atoms. The highest BCUT2D eigenvalue weighted by Crippen LogP contribution is 2.30. The highest BCUT2D eigenvalue weighted by Gasteiger charge is 2.25. The van der Waals surface area contributed by atoms with E-state index in [0.29, 0.717) is 31.8 Å². The van der Waals surface area contributed by atoms with Gasteiger partial charge >= 0.3 is 0 Å². The summed E-state index contributed by atoms with van der Waals surface area (Å²) in [6.45, 7) is 5.81. The third-order valence-corrected chi connectivity index (χ3v) is 5.18. The lowest BCUT2D eigenvalue weighted by Crippen LogP contribution is -2.34. The molecule has 1 amide bonds. The number of carbonyl (C=O) groups is 1. The molecule has 28 heavy (non-hydrogen) atoms. The van der Waals surface area contributed by atoms with Crippen LogP contribution in [0.5, 0.6) is 5.88 Å². The summed E-state index contributed by atoms with van der Waals surface area (Å²) >= 11 is 0. The standard InChI is InChI=1S/C18H27N5O3.2ClH/c1-10-13(5-6-15(25)20-8-12-7-19-9-14(12)24)11(2)21-17-16(10)18(26-4)22-23(17)3;;/h12,14,19,24H,5-9H2,1-4H3,(H,20,25);2*1H. The number of hydrogen-bond donors (Lipinski definition) is 3. The van der Waals surface area contributed by atoms with Crippen LogP contribution in [0.15, 0.2) is 0 Å². The first kappa shape index (κ1) is 24.4. The molecular weight excluding hydrogens is 405 g/mol. The molecule has 1 aliphatic heterocycles. The van der Waals surface area contributed by atoms with Gasteiger partial charge < -0.3 is 20.5 Å². The number of halogens is 2. The Labute approximate surface area is 177 Å². The fraction of sp³-hybridized carbons (Fsp3) is 0.611. The maximum atomic E-state index is 12.2. The number of fused-ring (bicyclic) bond motifs is 1. The van der Waals surface area contributed by atoms with Gasteiger partial charge in [0, 0.05) is 44.7 Å². The molecule has 2 aromatic heterocycles. The van der Waals surface area contributed by atoms with Gasteiger partial charge in [-0.3, -0.25) is 4.79 Å². The molecule has 2 unspecified atom stereocenters. The van der Waals surface area contributed by atoms with Crippen molar-refractivity contribution in [2.24, 2.45) is 13.0 Å². The Bertz CT molecular complexity index is 827. The summed E-state index contributed by atoms with van der Waals surface area (Å²) < 4.78 is 7.09. The fourth-order valence-corrected chi connectivity index (χ4v) is 3.61. The van der Waals surface area contributed by atoms with E-state index >= 15 is 0 Å². The van der Waals surface area contributed by atoms with Gasteiger partial charge in [-0.1, -0.05) is 0 Å².